The van der Waals surface area contributed by atoms with Gasteiger partial charge in [0.2, 0.25) is 5.91 Å². The van der Waals surface area contributed by atoms with Gasteiger partial charge in [-0.05, 0) is 26.2 Å². The highest BCUT2D eigenvalue weighted by Gasteiger charge is 2.70. The minimum absolute atomic E-state index is 0.127. The third-order valence-electron chi connectivity index (χ3n) is 5.66. The Balaban J connectivity index is 1.84. The van der Waals surface area contributed by atoms with E-state index in [9.17, 15) is 4.79 Å². The fourth-order valence-electron chi connectivity index (χ4n) is 4.36. The minimum atomic E-state index is -0.754. The van der Waals surface area contributed by atoms with Gasteiger partial charge in [0.1, 0.15) is 5.54 Å². The lowest BCUT2D eigenvalue weighted by molar-refractivity contribution is -0.230. The molecule has 20 heavy (non-hydrogen) atoms. The molecule has 1 saturated heterocycles. The molecule has 3 rings (SSSR count). The van der Waals surface area contributed by atoms with Crippen LogP contribution in [0.1, 0.15) is 40.0 Å². The standard InChI is InChI=1S/C16H26N2O2/c1-11-6-4-8-18(10-11)14(19)16(17)12-7-5-9-20-13(12)15(16,2)3/h6,12-13H,4-5,7-10,17H2,1-3H3. The highest BCUT2D eigenvalue weighted by molar-refractivity contribution is 5.90. The number of nitrogens with zero attached hydrogens (tertiary/aromatic N) is 1. The first-order chi connectivity index (χ1) is 9.39. The molecule has 1 saturated carbocycles. The summed E-state index contributed by atoms with van der Waals surface area (Å²) in [6, 6.07) is 0. The van der Waals surface area contributed by atoms with Crippen LogP contribution >= 0.6 is 0 Å². The summed E-state index contributed by atoms with van der Waals surface area (Å²) in [4.78, 5) is 15.0. The lowest BCUT2D eigenvalue weighted by atomic mass is 9.46. The zero-order chi connectivity index (χ0) is 14.5. The van der Waals surface area contributed by atoms with Crippen LogP contribution in [0.25, 0.3) is 0 Å². The van der Waals surface area contributed by atoms with Crippen LogP contribution in [0.5, 0.6) is 0 Å². The first kappa shape index (κ1) is 14.1. The maximum Gasteiger partial charge on any atom is 0.244 e. The van der Waals surface area contributed by atoms with Gasteiger partial charge in [-0.3, -0.25) is 4.79 Å². The van der Waals surface area contributed by atoms with Crippen LogP contribution in [0.15, 0.2) is 11.6 Å². The summed E-state index contributed by atoms with van der Waals surface area (Å²) >= 11 is 0. The monoisotopic (exact) mass is 278 g/mol. The smallest absolute Gasteiger partial charge is 0.244 e. The number of hydrogen-bond acceptors (Lipinski definition) is 3. The zero-order valence-corrected chi connectivity index (χ0v) is 12.8. The second-order valence-electron chi connectivity index (χ2n) is 7.20. The van der Waals surface area contributed by atoms with E-state index in [1.54, 1.807) is 0 Å². The predicted molar refractivity (Wildman–Crippen MR) is 78.1 cm³/mol. The Morgan fingerprint density at radius 3 is 2.95 bits per heavy atom. The molecule has 112 valence electrons. The quantitative estimate of drug-likeness (QED) is 0.743. The maximum atomic E-state index is 13.0. The van der Waals surface area contributed by atoms with E-state index in [4.69, 9.17) is 10.5 Å². The van der Waals surface area contributed by atoms with Crippen LogP contribution in [0.4, 0.5) is 0 Å². The number of hydrogen-bond donors (Lipinski definition) is 1. The van der Waals surface area contributed by atoms with Crippen LogP contribution in [0.2, 0.25) is 0 Å². The molecule has 3 atom stereocenters. The van der Waals surface area contributed by atoms with E-state index in [2.05, 4.69) is 26.8 Å². The molecule has 2 fully saturated rings. The zero-order valence-electron chi connectivity index (χ0n) is 12.8. The molecule has 0 aromatic rings. The lowest BCUT2D eigenvalue weighted by Gasteiger charge is -2.65. The molecule has 1 amide bonds. The molecule has 0 radical (unpaired) electrons. The van der Waals surface area contributed by atoms with Gasteiger partial charge in [-0.2, -0.15) is 0 Å². The molecule has 2 heterocycles. The molecule has 0 bridgehead atoms. The second kappa shape index (κ2) is 4.57. The summed E-state index contributed by atoms with van der Waals surface area (Å²) in [6.07, 6.45) is 5.33. The summed E-state index contributed by atoms with van der Waals surface area (Å²) in [5, 5.41) is 0. The van der Waals surface area contributed by atoms with E-state index in [-0.39, 0.29) is 23.3 Å². The molecule has 0 aromatic carbocycles. The highest BCUT2D eigenvalue weighted by Crippen LogP contribution is 2.58. The van der Waals surface area contributed by atoms with Gasteiger partial charge >= 0.3 is 0 Å². The van der Waals surface area contributed by atoms with Crippen LogP contribution in [0, 0.1) is 11.3 Å². The molecule has 4 heteroatoms. The molecule has 2 aliphatic heterocycles. The van der Waals surface area contributed by atoms with Crippen molar-refractivity contribution in [3.05, 3.63) is 11.6 Å². The first-order valence-electron chi connectivity index (χ1n) is 7.74. The Morgan fingerprint density at radius 1 is 1.50 bits per heavy atom. The highest BCUT2D eigenvalue weighted by atomic mass is 16.5. The number of carbonyl (C=O) groups is 1. The number of fused-ring (bicyclic) bond motifs is 1. The average Bonchev–Trinajstić information content (AvgIpc) is 2.45. The molecule has 3 unspecified atom stereocenters. The van der Waals surface area contributed by atoms with Crippen LogP contribution in [-0.4, -0.2) is 42.1 Å². The summed E-state index contributed by atoms with van der Waals surface area (Å²) in [7, 11) is 0. The van der Waals surface area contributed by atoms with Crippen molar-refractivity contribution < 1.29 is 9.53 Å². The molecule has 4 nitrogen and oxygen atoms in total. The SMILES string of the molecule is CC1=CCCN(C(=O)C2(N)C3CCCOC3C2(C)C)C1. The Bertz CT molecular complexity index is 457. The summed E-state index contributed by atoms with van der Waals surface area (Å²) in [6.45, 7) is 8.59. The number of ether oxygens (including phenoxy) is 1. The van der Waals surface area contributed by atoms with Crippen molar-refractivity contribution in [1.82, 2.24) is 4.90 Å². The number of nitrogens with two attached hydrogens (primary N) is 1. The third kappa shape index (κ3) is 1.70. The topological polar surface area (TPSA) is 55.6 Å². The summed E-state index contributed by atoms with van der Waals surface area (Å²) in [5.41, 5.74) is 6.90. The maximum absolute atomic E-state index is 13.0. The molecular formula is C16H26N2O2. The van der Waals surface area contributed by atoms with E-state index in [0.717, 1.165) is 39.0 Å². The van der Waals surface area contributed by atoms with Gasteiger partial charge in [0.15, 0.2) is 0 Å². The van der Waals surface area contributed by atoms with Gasteiger partial charge in [0.25, 0.3) is 0 Å². The van der Waals surface area contributed by atoms with Crippen LogP contribution in [0.3, 0.4) is 0 Å². The van der Waals surface area contributed by atoms with E-state index < -0.39 is 5.54 Å². The predicted octanol–water partition coefficient (Wildman–Crippen LogP) is 1.70. The molecule has 1 aliphatic carbocycles. The molecule has 3 aliphatic rings. The fourth-order valence-corrected chi connectivity index (χ4v) is 4.36. The van der Waals surface area contributed by atoms with Gasteiger partial charge in [-0.1, -0.05) is 25.5 Å². The van der Waals surface area contributed by atoms with Crippen molar-refractivity contribution in [3.63, 3.8) is 0 Å². The van der Waals surface area contributed by atoms with E-state index in [0.29, 0.717) is 0 Å². The van der Waals surface area contributed by atoms with Crippen molar-refractivity contribution in [2.75, 3.05) is 19.7 Å². The van der Waals surface area contributed by atoms with Gasteiger partial charge in [-0.25, -0.2) is 0 Å². The molecule has 0 aromatic heterocycles. The number of amides is 1. The Labute approximate surface area is 121 Å². The van der Waals surface area contributed by atoms with Crippen molar-refractivity contribution in [3.8, 4) is 0 Å². The van der Waals surface area contributed by atoms with Crippen molar-refractivity contribution >= 4 is 5.91 Å². The van der Waals surface area contributed by atoms with Gasteiger partial charge in [0, 0.05) is 31.0 Å². The third-order valence-corrected chi connectivity index (χ3v) is 5.66. The molecule has 2 N–H and O–H groups in total. The molecular weight excluding hydrogens is 252 g/mol. The van der Waals surface area contributed by atoms with Crippen molar-refractivity contribution in [2.45, 2.75) is 51.7 Å². The Morgan fingerprint density at radius 2 is 2.25 bits per heavy atom. The van der Waals surface area contributed by atoms with Gasteiger partial charge in [0.05, 0.1) is 6.10 Å². The first-order valence-corrected chi connectivity index (χ1v) is 7.74. The summed E-state index contributed by atoms with van der Waals surface area (Å²) < 4.78 is 5.88. The van der Waals surface area contributed by atoms with Gasteiger partial charge in [-0.15, -0.1) is 0 Å². The largest absolute Gasteiger partial charge is 0.377 e. The minimum Gasteiger partial charge on any atom is -0.377 e. The number of carbonyl (C=O) groups excluding carboxylic acids is 1. The normalized spacial score (nSPS) is 39.6. The second-order valence-corrected chi connectivity index (χ2v) is 7.20. The molecule has 0 spiro atoms. The Kier molecular flexibility index (Phi) is 3.22. The Hall–Kier alpha value is -0.870. The van der Waals surface area contributed by atoms with E-state index in [1.807, 2.05) is 4.90 Å². The fraction of sp³-hybridized carbons (Fsp3) is 0.812. The van der Waals surface area contributed by atoms with E-state index in [1.165, 1.54) is 5.57 Å². The van der Waals surface area contributed by atoms with Crippen LogP contribution in [-0.2, 0) is 9.53 Å². The summed E-state index contributed by atoms with van der Waals surface area (Å²) in [5.74, 6) is 0.312. The van der Waals surface area contributed by atoms with Crippen molar-refractivity contribution in [2.24, 2.45) is 17.1 Å². The lowest BCUT2D eigenvalue weighted by Crippen LogP contribution is -2.82. The van der Waals surface area contributed by atoms with Crippen LogP contribution < -0.4 is 5.73 Å². The van der Waals surface area contributed by atoms with Gasteiger partial charge < -0.3 is 15.4 Å². The van der Waals surface area contributed by atoms with E-state index >= 15 is 0 Å². The van der Waals surface area contributed by atoms with Crippen molar-refractivity contribution in [1.29, 1.82) is 0 Å². The number of rotatable bonds is 1. The average molecular weight is 278 g/mol.